The van der Waals surface area contributed by atoms with Crippen LogP contribution in [-0.2, 0) is 11.3 Å². The number of rotatable bonds is 5. The Morgan fingerprint density at radius 1 is 1.33 bits per heavy atom. The van der Waals surface area contributed by atoms with E-state index >= 15 is 0 Å². The molecule has 0 aromatic carbocycles. The first-order valence-corrected chi connectivity index (χ1v) is 9.74. The van der Waals surface area contributed by atoms with Crippen molar-refractivity contribution >= 4 is 11.7 Å². The molecule has 0 spiro atoms. The Bertz CT molecular complexity index is 708. The number of anilines is 1. The first kappa shape index (κ1) is 18.1. The molecule has 1 aliphatic carbocycles. The smallest absolute Gasteiger partial charge is 0.239 e. The van der Waals surface area contributed by atoms with Gasteiger partial charge < -0.3 is 10.2 Å². The van der Waals surface area contributed by atoms with Crippen molar-refractivity contribution < 1.29 is 9.72 Å². The normalized spacial score (nSPS) is 30.1. The molecule has 0 bridgehead atoms. The van der Waals surface area contributed by atoms with Crippen molar-refractivity contribution in [3.8, 4) is 0 Å². The van der Waals surface area contributed by atoms with Crippen LogP contribution in [0.2, 0.25) is 0 Å². The number of carbonyl (C=O) groups excluding carboxylic acids is 1. The molecule has 1 aromatic rings. The summed E-state index contributed by atoms with van der Waals surface area (Å²) in [6.45, 7) is 2.48. The minimum atomic E-state index is -0.550. The van der Waals surface area contributed by atoms with Gasteiger partial charge in [-0.1, -0.05) is 0 Å². The monoisotopic (exact) mass is 374 g/mol. The zero-order valence-electron chi connectivity index (χ0n) is 15.3. The predicted molar refractivity (Wildman–Crippen MR) is 99.5 cm³/mol. The third kappa shape index (κ3) is 3.89. The minimum Gasteiger partial charge on any atom is -0.357 e. The lowest BCUT2D eigenvalue weighted by molar-refractivity contribution is -0.528. The molecule has 2 saturated heterocycles. The fourth-order valence-electron chi connectivity index (χ4n) is 4.47. The molecule has 27 heavy (non-hydrogen) atoms. The third-order valence-corrected chi connectivity index (χ3v) is 6.01. The molecule has 3 N–H and O–H groups in total. The van der Waals surface area contributed by atoms with Crippen molar-refractivity contribution in [2.24, 2.45) is 5.92 Å². The summed E-state index contributed by atoms with van der Waals surface area (Å²) in [5.74, 6) is 0.798. The molecule has 3 fully saturated rings. The molecule has 0 radical (unpaired) electrons. The maximum atomic E-state index is 12.7. The number of nitrogens with zero attached hydrogens (tertiary/aromatic N) is 3. The average molecular weight is 374 g/mol. The summed E-state index contributed by atoms with van der Waals surface area (Å²) in [4.78, 5) is 30.3. The third-order valence-electron chi connectivity index (χ3n) is 6.01. The minimum absolute atomic E-state index is 0.0493. The van der Waals surface area contributed by atoms with Gasteiger partial charge in [0.1, 0.15) is 11.9 Å². The quantitative estimate of drug-likeness (QED) is 0.511. The van der Waals surface area contributed by atoms with Crippen LogP contribution in [0.4, 0.5) is 5.82 Å². The number of pyridine rings is 1. The standard InChI is InChI=1S/C18H26N6O3/c25-18(17-14-10-13(24(26)27)3-4-15(14)21-22-17)20-11-12-5-6-19-16(9-12)23-7-1-2-8-23/h5-6,9,13-15,17,21-22H,1-4,7-8,10-11H2,(H,20,25). The summed E-state index contributed by atoms with van der Waals surface area (Å²) in [6.07, 6.45) is 5.88. The van der Waals surface area contributed by atoms with E-state index in [0.29, 0.717) is 19.4 Å². The number of aromatic nitrogens is 1. The molecule has 4 atom stereocenters. The molecule has 9 nitrogen and oxygen atoms in total. The fourth-order valence-corrected chi connectivity index (χ4v) is 4.47. The van der Waals surface area contributed by atoms with Crippen LogP contribution in [0, 0.1) is 16.0 Å². The van der Waals surface area contributed by atoms with E-state index in [1.807, 2.05) is 12.1 Å². The Morgan fingerprint density at radius 3 is 2.93 bits per heavy atom. The van der Waals surface area contributed by atoms with E-state index in [2.05, 4.69) is 26.1 Å². The maximum Gasteiger partial charge on any atom is 0.239 e. The molecule has 146 valence electrons. The van der Waals surface area contributed by atoms with Crippen LogP contribution < -0.4 is 21.1 Å². The average Bonchev–Trinajstić information content (AvgIpc) is 3.35. The first-order chi connectivity index (χ1) is 13.1. The number of hydrogen-bond acceptors (Lipinski definition) is 7. The highest BCUT2D eigenvalue weighted by atomic mass is 16.6. The Labute approximate surface area is 158 Å². The summed E-state index contributed by atoms with van der Waals surface area (Å²) < 4.78 is 0. The van der Waals surface area contributed by atoms with Crippen LogP contribution in [0.3, 0.4) is 0 Å². The van der Waals surface area contributed by atoms with Crippen molar-refractivity contribution in [3.63, 3.8) is 0 Å². The Hall–Kier alpha value is -2.26. The number of hydrazine groups is 1. The number of carbonyl (C=O) groups is 1. The Kier molecular flexibility index (Phi) is 5.22. The van der Waals surface area contributed by atoms with E-state index in [-0.39, 0.29) is 22.8 Å². The second kappa shape index (κ2) is 7.77. The molecule has 1 saturated carbocycles. The Balaban J connectivity index is 1.35. The van der Waals surface area contributed by atoms with E-state index in [4.69, 9.17) is 0 Å². The lowest BCUT2D eigenvalue weighted by Crippen LogP contribution is -2.46. The van der Waals surface area contributed by atoms with Gasteiger partial charge in [-0.05, 0) is 37.0 Å². The van der Waals surface area contributed by atoms with Gasteiger partial charge in [-0.25, -0.2) is 10.4 Å². The van der Waals surface area contributed by atoms with Gasteiger partial charge in [0.05, 0.1) is 0 Å². The van der Waals surface area contributed by atoms with Gasteiger partial charge in [0, 0.05) is 55.6 Å². The number of nitrogens with one attached hydrogen (secondary N) is 3. The van der Waals surface area contributed by atoms with Gasteiger partial charge in [0.15, 0.2) is 0 Å². The highest BCUT2D eigenvalue weighted by Gasteiger charge is 2.46. The first-order valence-electron chi connectivity index (χ1n) is 9.74. The van der Waals surface area contributed by atoms with Gasteiger partial charge in [-0.2, -0.15) is 0 Å². The Morgan fingerprint density at radius 2 is 2.15 bits per heavy atom. The molecule has 3 heterocycles. The van der Waals surface area contributed by atoms with Crippen LogP contribution in [0.25, 0.3) is 0 Å². The largest absolute Gasteiger partial charge is 0.357 e. The highest BCUT2D eigenvalue weighted by Crippen LogP contribution is 2.31. The van der Waals surface area contributed by atoms with Crippen molar-refractivity contribution in [1.29, 1.82) is 0 Å². The van der Waals surface area contributed by atoms with Crippen molar-refractivity contribution in [2.75, 3.05) is 18.0 Å². The van der Waals surface area contributed by atoms with Crippen molar-refractivity contribution in [1.82, 2.24) is 21.2 Å². The molecule has 2 aliphatic heterocycles. The molecule has 4 rings (SSSR count). The zero-order chi connectivity index (χ0) is 18.8. The molecule has 4 unspecified atom stereocenters. The topological polar surface area (TPSA) is 112 Å². The van der Waals surface area contributed by atoms with Gasteiger partial charge >= 0.3 is 0 Å². The SMILES string of the molecule is O=C(NCc1ccnc(N2CCCC2)c1)C1NNC2CCC([N+](=O)[O-])CC21. The summed E-state index contributed by atoms with van der Waals surface area (Å²) >= 11 is 0. The van der Waals surface area contributed by atoms with E-state index in [0.717, 1.165) is 30.9 Å². The number of nitro groups is 1. The van der Waals surface area contributed by atoms with E-state index in [1.54, 1.807) is 6.20 Å². The van der Waals surface area contributed by atoms with Crippen LogP contribution >= 0.6 is 0 Å². The van der Waals surface area contributed by atoms with E-state index in [1.165, 1.54) is 12.8 Å². The van der Waals surface area contributed by atoms with Crippen LogP contribution in [0.1, 0.15) is 37.7 Å². The zero-order valence-corrected chi connectivity index (χ0v) is 15.3. The second-order valence-corrected chi connectivity index (χ2v) is 7.72. The molecular weight excluding hydrogens is 348 g/mol. The summed E-state index contributed by atoms with van der Waals surface area (Å²) in [7, 11) is 0. The lowest BCUT2D eigenvalue weighted by Gasteiger charge is -2.28. The summed E-state index contributed by atoms with van der Waals surface area (Å²) in [6, 6.07) is 3.08. The van der Waals surface area contributed by atoms with E-state index in [9.17, 15) is 14.9 Å². The predicted octanol–water partition coefficient (Wildman–Crippen LogP) is 0.588. The number of hydrogen-bond donors (Lipinski definition) is 3. The van der Waals surface area contributed by atoms with Crippen molar-refractivity contribution in [3.05, 3.63) is 34.0 Å². The molecule has 1 amide bonds. The van der Waals surface area contributed by atoms with Gasteiger partial charge in [0.2, 0.25) is 11.9 Å². The molecule has 9 heteroatoms. The summed E-state index contributed by atoms with van der Waals surface area (Å²) in [5, 5.41) is 14.1. The van der Waals surface area contributed by atoms with Crippen LogP contribution in [0.15, 0.2) is 18.3 Å². The summed E-state index contributed by atoms with van der Waals surface area (Å²) in [5.41, 5.74) is 7.20. The highest BCUT2D eigenvalue weighted by molar-refractivity contribution is 5.82. The van der Waals surface area contributed by atoms with E-state index < -0.39 is 12.1 Å². The van der Waals surface area contributed by atoms with Crippen LogP contribution in [-0.4, -0.2) is 47.0 Å². The van der Waals surface area contributed by atoms with Gasteiger partial charge in [-0.15, -0.1) is 0 Å². The lowest BCUT2D eigenvalue weighted by atomic mass is 9.79. The molecular formula is C18H26N6O3. The van der Waals surface area contributed by atoms with Gasteiger partial charge in [-0.3, -0.25) is 20.3 Å². The fraction of sp³-hybridized carbons (Fsp3) is 0.667. The molecule has 1 aromatic heterocycles. The number of amides is 1. The van der Waals surface area contributed by atoms with Crippen molar-refractivity contribution in [2.45, 2.75) is 56.8 Å². The second-order valence-electron chi connectivity index (χ2n) is 7.72. The number of fused-ring (bicyclic) bond motifs is 1. The maximum absolute atomic E-state index is 12.7. The molecule has 3 aliphatic rings. The van der Waals surface area contributed by atoms with Crippen LogP contribution in [0.5, 0.6) is 0 Å². The van der Waals surface area contributed by atoms with Gasteiger partial charge in [0.25, 0.3) is 0 Å².